The highest BCUT2D eigenvalue weighted by molar-refractivity contribution is 7.71. The summed E-state index contributed by atoms with van der Waals surface area (Å²) in [7, 11) is 0. The Morgan fingerprint density at radius 1 is 1.15 bits per heavy atom. The Hall–Kier alpha value is -2.60. The van der Waals surface area contributed by atoms with Crippen molar-refractivity contribution >= 4 is 30.1 Å². The van der Waals surface area contributed by atoms with E-state index in [0.717, 1.165) is 24.7 Å². The molecule has 1 aromatic rings. The van der Waals surface area contributed by atoms with Gasteiger partial charge in [0.2, 0.25) is 0 Å². The summed E-state index contributed by atoms with van der Waals surface area (Å²) in [5.74, 6) is -2.00. The van der Waals surface area contributed by atoms with Gasteiger partial charge in [-0.25, -0.2) is 4.68 Å². The first-order chi connectivity index (χ1) is 12.2. The van der Waals surface area contributed by atoms with E-state index in [2.05, 4.69) is 10.1 Å². The molecule has 0 unspecified atom stereocenters. The molecule has 1 aromatic heterocycles. The molecule has 0 saturated carbocycles. The summed E-state index contributed by atoms with van der Waals surface area (Å²) in [4.78, 5) is 48.0. The molecule has 2 heterocycles. The SMILES string of the molecule is CC(=O)O[C@H]1[C@H](OC(C)=O)[C@@H](n2ncc(=O)[nH]c2=S)OC[C@H]1OC(C)=O. The number of H-pyrrole nitrogens is 1. The van der Waals surface area contributed by atoms with Gasteiger partial charge < -0.3 is 18.9 Å². The fourth-order valence-corrected chi connectivity index (χ4v) is 2.73. The van der Waals surface area contributed by atoms with Crippen LogP contribution in [-0.2, 0) is 33.3 Å². The summed E-state index contributed by atoms with van der Waals surface area (Å²) < 4.78 is 22.2. The number of hydrogen-bond donors (Lipinski definition) is 1. The van der Waals surface area contributed by atoms with Crippen LogP contribution in [0.3, 0.4) is 0 Å². The zero-order valence-corrected chi connectivity index (χ0v) is 15.0. The standard InChI is InChI=1S/C14H17N3O8S/c1-6(18)23-9-5-22-13(17-14(26)16-10(21)4-15-17)12(25-8(3)20)11(9)24-7(2)19/h4,9,11-13H,5H2,1-3H3,(H,16,21,26)/t9-,11-,12+,13+/m1/s1. The second-order valence-corrected chi connectivity index (χ2v) is 5.79. The Bertz CT molecular complexity index is 819. The van der Waals surface area contributed by atoms with Crippen LogP contribution in [0.4, 0.5) is 0 Å². The predicted octanol–water partition coefficient (Wildman–Crippen LogP) is -0.375. The molecule has 1 saturated heterocycles. The van der Waals surface area contributed by atoms with E-state index < -0.39 is 48.0 Å². The summed E-state index contributed by atoms with van der Waals surface area (Å²) >= 11 is 5.04. The lowest BCUT2D eigenvalue weighted by molar-refractivity contribution is -0.242. The summed E-state index contributed by atoms with van der Waals surface area (Å²) in [5.41, 5.74) is -0.527. The van der Waals surface area contributed by atoms with Crippen molar-refractivity contribution in [2.24, 2.45) is 0 Å². The molecule has 0 radical (unpaired) electrons. The number of carbonyl (C=O) groups excluding carboxylic acids is 3. The Kier molecular flexibility index (Phi) is 6.21. The third kappa shape index (κ3) is 4.73. The molecule has 1 fully saturated rings. The Balaban J connectivity index is 2.46. The van der Waals surface area contributed by atoms with Crippen molar-refractivity contribution in [1.29, 1.82) is 0 Å². The second kappa shape index (κ2) is 8.19. The number of carbonyl (C=O) groups is 3. The number of aromatic amines is 1. The molecule has 0 bridgehead atoms. The van der Waals surface area contributed by atoms with Crippen molar-refractivity contribution in [1.82, 2.24) is 14.8 Å². The van der Waals surface area contributed by atoms with Crippen molar-refractivity contribution in [3.8, 4) is 0 Å². The monoisotopic (exact) mass is 387 g/mol. The van der Waals surface area contributed by atoms with Gasteiger partial charge in [0.05, 0.1) is 6.61 Å². The van der Waals surface area contributed by atoms with Gasteiger partial charge in [-0.3, -0.25) is 24.2 Å². The lowest BCUT2D eigenvalue weighted by Crippen LogP contribution is -2.56. The van der Waals surface area contributed by atoms with Gasteiger partial charge in [-0.15, -0.1) is 0 Å². The summed E-state index contributed by atoms with van der Waals surface area (Å²) in [6.07, 6.45) is -3.54. The van der Waals surface area contributed by atoms with Crippen LogP contribution in [-0.4, -0.2) is 57.6 Å². The van der Waals surface area contributed by atoms with Crippen LogP contribution < -0.4 is 5.56 Å². The first-order valence-corrected chi connectivity index (χ1v) is 7.91. The molecule has 12 heteroatoms. The molecule has 0 amide bonds. The zero-order chi connectivity index (χ0) is 19.4. The van der Waals surface area contributed by atoms with E-state index in [0.29, 0.717) is 0 Å². The number of hydrogen-bond acceptors (Lipinski definition) is 10. The van der Waals surface area contributed by atoms with E-state index in [-0.39, 0.29) is 11.4 Å². The van der Waals surface area contributed by atoms with E-state index in [1.54, 1.807) is 0 Å². The predicted molar refractivity (Wildman–Crippen MR) is 85.3 cm³/mol. The average molecular weight is 387 g/mol. The maximum Gasteiger partial charge on any atom is 0.303 e. The van der Waals surface area contributed by atoms with Crippen LogP contribution in [0.1, 0.15) is 27.0 Å². The van der Waals surface area contributed by atoms with Crippen LogP contribution in [0.5, 0.6) is 0 Å². The number of nitrogens with one attached hydrogen (secondary N) is 1. The fraction of sp³-hybridized carbons (Fsp3) is 0.571. The number of nitrogens with zero attached hydrogens (tertiary/aromatic N) is 2. The van der Waals surface area contributed by atoms with Crippen LogP contribution in [0.15, 0.2) is 11.0 Å². The average Bonchev–Trinajstić information content (AvgIpc) is 2.50. The maximum atomic E-state index is 11.5. The molecule has 26 heavy (non-hydrogen) atoms. The second-order valence-electron chi connectivity index (χ2n) is 5.40. The highest BCUT2D eigenvalue weighted by Crippen LogP contribution is 2.30. The van der Waals surface area contributed by atoms with Crippen molar-refractivity contribution in [3.05, 3.63) is 21.3 Å². The van der Waals surface area contributed by atoms with Crippen molar-refractivity contribution in [2.45, 2.75) is 45.3 Å². The molecule has 0 aromatic carbocycles. The summed E-state index contributed by atoms with van der Waals surface area (Å²) in [6.45, 7) is 3.31. The zero-order valence-electron chi connectivity index (χ0n) is 14.2. The number of ether oxygens (including phenoxy) is 4. The molecule has 11 nitrogen and oxygen atoms in total. The van der Waals surface area contributed by atoms with Crippen molar-refractivity contribution < 1.29 is 33.3 Å². The maximum absolute atomic E-state index is 11.5. The van der Waals surface area contributed by atoms with E-state index in [9.17, 15) is 19.2 Å². The number of aromatic nitrogens is 3. The molecule has 2 rings (SSSR count). The van der Waals surface area contributed by atoms with Crippen molar-refractivity contribution in [2.75, 3.05) is 6.61 Å². The Labute approximate surface area is 152 Å². The number of rotatable bonds is 4. The minimum Gasteiger partial charge on any atom is -0.456 e. The van der Waals surface area contributed by atoms with Crippen molar-refractivity contribution in [3.63, 3.8) is 0 Å². The smallest absolute Gasteiger partial charge is 0.303 e. The molecule has 0 aliphatic carbocycles. The van der Waals surface area contributed by atoms with E-state index in [1.165, 1.54) is 6.92 Å². The summed E-state index contributed by atoms with van der Waals surface area (Å²) in [6, 6.07) is 0. The van der Waals surface area contributed by atoms with Crippen LogP contribution in [0.2, 0.25) is 0 Å². The molecule has 1 N–H and O–H groups in total. The fourth-order valence-electron chi connectivity index (χ4n) is 2.48. The minimum absolute atomic E-state index is 0.0906. The molecule has 4 atom stereocenters. The van der Waals surface area contributed by atoms with Gasteiger partial charge in [0.1, 0.15) is 6.20 Å². The van der Waals surface area contributed by atoms with Crippen LogP contribution >= 0.6 is 12.2 Å². The van der Waals surface area contributed by atoms with Gasteiger partial charge in [-0.05, 0) is 12.2 Å². The van der Waals surface area contributed by atoms with E-state index >= 15 is 0 Å². The third-order valence-electron chi connectivity index (χ3n) is 3.30. The lowest BCUT2D eigenvalue weighted by atomic mass is 10.0. The number of esters is 3. The lowest BCUT2D eigenvalue weighted by Gasteiger charge is -2.40. The van der Waals surface area contributed by atoms with Gasteiger partial charge in [-0.2, -0.15) is 5.10 Å². The van der Waals surface area contributed by atoms with Gasteiger partial charge >= 0.3 is 17.9 Å². The molecular weight excluding hydrogens is 370 g/mol. The Morgan fingerprint density at radius 2 is 1.73 bits per heavy atom. The first-order valence-electron chi connectivity index (χ1n) is 7.50. The van der Waals surface area contributed by atoms with Gasteiger partial charge in [0, 0.05) is 20.8 Å². The normalized spacial score (nSPS) is 25.2. The molecule has 0 spiro atoms. The first kappa shape index (κ1) is 19.7. The quantitative estimate of drug-likeness (QED) is 0.413. The Morgan fingerprint density at radius 3 is 2.27 bits per heavy atom. The topological polar surface area (TPSA) is 139 Å². The van der Waals surface area contributed by atoms with Crippen LogP contribution in [0, 0.1) is 4.77 Å². The third-order valence-corrected chi connectivity index (χ3v) is 3.59. The van der Waals surface area contributed by atoms with Gasteiger partial charge in [-0.1, -0.05) is 0 Å². The van der Waals surface area contributed by atoms with Gasteiger partial charge in [0.15, 0.2) is 29.3 Å². The molecule has 1 aliphatic heterocycles. The largest absolute Gasteiger partial charge is 0.456 e. The highest BCUT2D eigenvalue weighted by atomic mass is 32.1. The van der Waals surface area contributed by atoms with Gasteiger partial charge in [0.25, 0.3) is 5.56 Å². The van der Waals surface area contributed by atoms with E-state index in [1.807, 2.05) is 0 Å². The molecule has 142 valence electrons. The summed E-state index contributed by atoms with van der Waals surface area (Å²) in [5, 5.41) is 3.86. The van der Waals surface area contributed by atoms with E-state index in [4.69, 9.17) is 31.2 Å². The van der Waals surface area contributed by atoms with Crippen LogP contribution in [0.25, 0.3) is 0 Å². The molecular formula is C14H17N3O8S. The molecule has 1 aliphatic rings. The highest BCUT2D eigenvalue weighted by Gasteiger charge is 2.48. The minimum atomic E-state index is -1.22.